The molecule has 1 atom stereocenters. The number of amides is 1. The Morgan fingerprint density at radius 2 is 1.71 bits per heavy atom. The molecule has 224 valence electrons. The number of benzene rings is 2. The molecule has 2 aliphatic heterocycles. The Hall–Kier alpha value is -3.62. The van der Waals surface area contributed by atoms with Crippen LogP contribution in [-0.2, 0) is 34.2 Å². The molecule has 2 aliphatic rings. The lowest BCUT2D eigenvalue weighted by Crippen LogP contribution is -2.42. The number of hydrogen-bond donors (Lipinski definition) is 0. The smallest absolute Gasteiger partial charge is 0.338 e. The van der Waals surface area contributed by atoms with E-state index < -0.39 is 5.60 Å². The highest BCUT2D eigenvalue weighted by Gasteiger charge is 2.34. The van der Waals surface area contributed by atoms with Gasteiger partial charge in [0.2, 0.25) is 5.91 Å². The molecule has 0 spiro atoms. The van der Waals surface area contributed by atoms with Gasteiger partial charge in [0.15, 0.2) is 0 Å². The maximum atomic E-state index is 13.9. The summed E-state index contributed by atoms with van der Waals surface area (Å²) in [6.07, 6.45) is 1.01. The van der Waals surface area contributed by atoms with Crippen LogP contribution in [0.15, 0.2) is 54.6 Å². The summed E-state index contributed by atoms with van der Waals surface area (Å²) in [5, 5.41) is 0. The Kier molecular flexibility index (Phi) is 9.04. The first-order chi connectivity index (χ1) is 20.1. The summed E-state index contributed by atoms with van der Waals surface area (Å²) >= 11 is 0. The van der Waals surface area contributed by atoms with Gasteiger partial charge in [-0.3, -0.25) is 9.69 Å². The molecule has 1 unspecified atom stereocenters. The Morgan fingerprint density at radius 3 is 2.38 bits per heavy atom. The molecule has 0 bridgehead atoms. The van der Waals surface area contributed by atoms with Crippen molar-refractivity contribution in [1.82, 2.24) is 14.4 Å². The van der Waals surface area contributed by atoms with Crippen LogP contribution in [0, 0.1) is 6.92 Å². The third-order valence-electron chi connectivity index (χ3n) is 8.08. The molecule has 3 aromatic rings. The number of rotatable bonds is 8. The summed E-state index contributed by atoms with van der Waals surface area (Å²) < 4.78 is 19.2. The Morgan fingerprint density at radius 1 is 0.976 bits per heavy atom. The van der Waals surface area contributed by atoms with E-state index in [2.05, 4.69) is 28.5 Å². The van der Waals surface area contributed by atoms with Crippen molar-refractivity contribution in [1.29, 1.82) is 0 Å². The fourth-order valence-electron chi connectivity index (χ4n) is 5.67. The number of esters is 1. The van der Waals surface area contributed by atoms with Crippen LogP contribution in [0.4, 0.5) is 0 Å². The number of carbonyl (C=O) groups is 2. The van der Waals surface area contributed by atoms with E-state index in [0.717, 1.165) is 73.1 Å². The van der Waals surface area contributed by atoms with Gasteiger partial charge in [-0.2, -0.15) is 0 Å². The monoisotopic (exact) mass is 573 g/mol. The Bertz CT molecular complexity index is 1400. The van der Waals surface area contributed by atoms with Gasteiger partial charge >= 0.3 is 5.97 Å². The van der Waals surface area contributed by atoms with Crippen molar-refractivity contribution in [2.24, 2.45) is 7.05 Å². The molecule has 3 heterocycles. The summed E-state index contributed by atoms with van der Waals surface area (Å²) in [5.41, 5.74) is 5.10. The third-order valence-corrected chi connectivity index (χ3v) is 8.08. The lowest BCUT2D eigenvalue weighted by atomic mass is 9.88. The number of ether oxygens (including phenoxy) is 3. The molecule has 42 heavy (non-hydrogen) atoms. The molecule has 2 aromatic carbocycles. The largest absolute Gasteiger partial charge is 0.492 e. The lowest BCUT2D eigenvalue weighted by Gasteiger charge is -2.38. The normalized spacial score (nSPS) is 17.5. The van der Waals surface area contributed by atoms with E-state index in [4.69, 9.17) is 14.2 Å². The van der Waals surface area contributed by atoms with E-state index >= 15 is 0 Å². The molecule has 8 heteroatoms. The molecule has 0 N–H and O–H groups in total. The van der Waals surface area contributed by atoms with Crippen LogP contribution in [0.25, 0.3) is 0 Å². The minimum absolute atomic E-state index is 0.0492. The average Bonchev–Trinajstić information content (AvgIpc) is 3.29. The van der Waals surface area contributed by atoms with Crippen molar-refractivity contribution in [3.05, 3.63) is 88.2 Å². The predicted octanol–water partition coefficient (Wildman–Crippen LogP) is 4.72. The summed E-state index contributed by atoms with van der Waals surface area (Å²) in [7, 11) is 2.02. The highest BCUT2D eigenvalue weighted by Crippen LogP contribution is 2.37. The van der Waals surface area contributed by atoms with Crippen molar-refractivity contribution in [2.75, 3.05) is 46.0 Å². The zero-order valence-electron chi connectivity index (χ0n) is 25.5. The van der Waals surface area contributed by atoms with E-state index in [-0.39, 0.29) is 24.3 Å². The second-order valence-corrected chi connectivity index (χ2v) is 12.2. The number of nitrogens with zero attached hydrogens (tertiary/aromatic N) is 3. The second kappa shape index (κ2) is 12.7. The average molecular weight is 574 g/mol. The fourth-order valence-corrected chi connectivity index (χ4v) is 5.67. The van der Waals surface area contributed by atoms with Crippen LogP contribution >= 0.6 is 0 Å². The topological polar surface area (TPSA) is 73.2 Å². The number of hydrogen-bond acceptors (Lipinski definition) is 6. The maximum Gasteiger partial charge on any atom is 0.338 e. The van der Waals surface area contributed by atoms with E-state index in [1.54, 1.807) is 0 Å². The molecule has 0 aliphatic carbocycles. The molecule has 1 fully saturated rings. The molecule has 1 saturated heterocycles. The minimum Gasteiger partial charge on any atom is -0.492 e. The van der Waals surface area contributed by atoms with Crippen molar-refractivity contribution in [3.63, 3.8) is 0 Å². The number of aryl methyl sites for hydroxylation is 1. The Balaban J connectivity index is 1.33. The zero-order chi connectivity index (χ0) is 29.9. The first-order valence-electron chi connectivity index (χ1n) is 14.9. The molecule has 0 radical (unpaired) electrons. The lowest BCUT2D eigenvalue weighted by molar-refractivity contribution is -0.132. The first kappa shape index (κ1) is 29.9. The molecular formula is C34H43N3O5. The summed E-state index contributed by atoms with van der Waals surface area (Å²) in [4.78, 5) is 31.2. The number of carbonyl (C=O) groups excluding carboxylic acids is 2. The molecule has 8 nitrogen and oxygen atoms in total. The van der Waals surface area contributed by atoms with Crippen LogP contribution in [0.3, 0.4) is 0 Å². The molecule has 1 aromatic heterocycles. The number of aromatic nitrogens is 1. The van der Waals surface area contributed by atoms with Crippen molar-refractivity contribution >= 4 is 11.9 Å². The van der Waals surface area contributed by atoms with E-state index in [1.165, 1.54) is 0 Å². The highest BCUT2D eigenvalue weighted by atomic mass is 16.6. The quantitative estimate of drug-likeness (QED) is 0.364. The van der Waals surface area contributed by atoms with Crippen molar-refractivity contribution in [2.45, 2.75) is 52.2 Å². The molecule has 1 amide bonds. The van der Waals surface area contributed by atoms with Gasteiger partial charge in [-0.25, -0.2) is 4.79 Å². The van der Waals surface area contributed by atoms with Crippen LogP contribution < -0.4 is 4.74 Å². The van der Waals surface area contributed by atoms with Gasteiger partial charge in [0.25, 0.3) is 0 Å². The molecule has 0 saturated carbocycles. The standard InChI is InChI=1S/C34H43N3O5/c1-24-6-13-30(35(24)5)32-29-23-27(33(39)42-34(2,3)4)10-9-26(29)14-15-37(32)31(38)22-25-7-11-28(12-8-25)41-21-18-36-16-19-40-20-17-36/h6-13,23,32H,14-22H2,1-5H3. The van der Waals surface area contributed by atoms with Gasteiger partial charge in [0, 0.05) is 44.6 Å². The summed E-state index contributed by atoms with van der Waals surface area (Å²) in [5.74, 6) is 0.495. The summed E-state index contributed by atoms with van der Waals surface area (Å²) in [6, 6.07) is 17.4. The van der Waals surface area contributed by atoms with Gasteiger partial charge in [0.1, 0.15) is 18.0 Å². The zero-order valence-corrected chi connectivity index (χ0v) is 25.5. The minimum atomic E-state index is -0.590. The van der Waals surface area contributed by atoms with Crippen molar-refractivity contribution in [3.8, 4) is 5.75 Å². The van der Waals surface area contributed by atoms with Gasteiger partial charge in [-0.1, -0.05) is 18.2 Å². The third kappa shape index (κ3) is 7.05. The molecule has 5 rings (SSSR count). The highest BCUT2D eigenvalue weighted by molar-refractivity contribution is 5.90. The fraction of sp³-hybridized carbons (Fsp3) is 0.471. The predicted molar refractivity (Wildman–Crippen MR) is 162 cm³/mol. The number of morpholine rings is 1. The summed E-state index contributed by atoms with van der Waals surface area (Å²) in [6.45, 7) is 13.2. The Labute approximate surface area is 249 Å². The van der Waals surface area contributed by atoms with E-state index in [0.29, 0.717) is 18.7 Å². The molecular weight excluding hydrogens is 530 g/mol. The van der Waals surface area contributed by atoms with Crippen LogP contribution in [0.2, 0.25) is 0 Å². The van der Waals surface area contributed by atoms with Crippen LogP contribution in [-0.4, -0.2) is 77.8 Å². The van der Waals surface area contributed by atoms with Gasteiger partial charge in [-0.05, 0) is 87.2 Å². The maximum absolute atomic E-state index is 13.9. The van der Waals surface area contributed by atoms with Gasteiger partial charge in [0.05, 0.1) is 31.2 Å². The SMILES string of the molecule is Cc1ccc(C2c3cc(C(=O)OC(C)(C)C)ccc3CCN2C(=O)Cc2ccc(OCCN3CCOCC3)cc2)n1C. The first-order valence-corrected chi connectivity index (χ1v) is 14.9. The number of fused-ring (bicyclic) bond motifs is 1. The van der Waals surface area contributed by atoms with Gasteiger partial charge < -0.3 is 23.7 Å². The van der Waals surface area contributed by atoms with Crippen LogP contribution in [0.5, 0.6) is 5.75 Å². The van der Waals surface area contributed by atoms with E-state index in [9.17, 15) is 9.59 Å². The van der Waals surface area contributed by atoms with Crippen molar-refractivity contribution < 1.29 is 23.8 Å². The second-order valence-electron chi connectivity index (χ2n) is 12.2. The van der Waals surface area contributed by atoms with E-state index in [1.807, 2.05) is 75.2 Å². The van der Waals surface area contributed by atoms with Crippen LogP contribution in [0.1, 0.15) is 65.2 Å². The van der Waals surface area contributed by atoms with Gasteiger partial charge in [-0.15, -0.1) is 0 Å².